The topological polar surface area (TPSA) is 215 Å². The number of rotatable bonds is 16. The van der Waals surface area contributed by atoms with Crippen LogP contribution < -0.4 is 26.8 Å². The maximum Gasteiger partial charge on any atom is 0.296 e. The molecule has 0 aliphatic heterocycles. The minimum absolute atomic E-state index is 0.0139. The number of nitro groups is 2. The van der Waals surface area contributed by atoms with Gasteiger partial charge >= 0.3 is 0 Å². The number of nitrogens with two attached hydrogens (primary N) is 2. The van der Waals surface area contributed by atoms with Crippen LogP contribution in [0.2, 0.25) is 18.1 Å². The van der Waals surface area contributed by atoms with Crippen LogP contribution >= 0.6 is 0 Å². The molecule has 0 aromatic heterocycles. The quantitative estimate of drug-likeness (QED) is 0.0613. The van der Waals surface area contributed by atoms with Crippen molar-refractivity contribution in [1.29, 1.82) is 0 Å². The number of hydrogen-bond donors (Lipinski definition) is 4. The summed E-state index contributed by atoms with van der Waals surface area (Å²) in [6, 6.07) is 6.37. The minimum Gasteiger partial charge on any atom is -0.491 e. The van der Waals surface area contributed by atoms with Crippen LogP contribution in [0, 0.1) is 20.2 Å². The number of amides is 2. The van der Waals surface area contributed by atoms with E-state index in [1.807, 2.05) is 0 Å². The molecule has 0 bridgehead atoms. The highest BCUT2D eigenvalue weighted by molar-refractivity contribution is 6.74. The van der Waals surface area contributed by atoms with E-state index >= 15 is 0 Å². The van der Waals surface area contributed by atoms with Gasteiger partial charge in [0.25, 0.3) is 11.4 Å². The van der Waals surface area contributed by atoms with Gasteiger partial charge < -0.3 is 31.3 Å². The second kappa shape index (κ2) is 14.8. The van der Waals surface area contributed by atoms with Gasteiger partial charge in [0, 0.05) is 49.4 Å². The first-order valence-corrected chi connectivity index (χ1v) is 16.9. The number of nitrogens with one attached hydrogen (secondary N) is 2. The summed E-state index contributed by atoms with van der Waals surface area (Å²) in [4.78, 5) is 45.6. The third-order valence-corrected chi connectivity index (χ3v) is 12.2. The van der Waals surface area contributed by atoms with Crippen molar-refractivity contribution in [2.75, 3.05) is 36.9 Å². The van der Waals surface area contributed by atoms with Crippen LogP contribution in [-0.2, 0) is 4.43 Å². The Morgan fingerprint density at radius 1 is 0.864 bits per heavy atom. The molecular weight excluding hydrogens is 588 g/mol. The Morgan fingerprint density at radius 3 is 1.93 bits per heavy atom. The fraction of sp³-hybridized carbons (Fsp3) is 0.448. The molecular formula is C29H42N6O8Si. The van der Waals surface area contributed by atoms with Gasteiger partial charge in [0.1, 0.15) is 11.4 Å². The Labute approximate surface area is 257 Å². The van der Waals surface area contributed by atoms with Gasteiger partial charge in [0.2, 0.25) is 11.8 Å². The van der Waals surface area contributed by atoms with E-state index in [1.165, 1.54) is 18.2 Å². The Hall–Kier alpha value is -4.50. The highest BCUT2D eigenvalue weighted by Crippen LogP contribution is 2.38. The van der Waals surface area contributed by atoms with E-state index in [0.717, 1.165) is 23.3 Å². The van der Waals surface area contributed by atoms with Gasteiger partial charge in [0.05, 0.1) is 16.5 Å². The molecule has 0 spiro atoms. The molecule has 44 heavy (non-hydrogen) atoms. The van der Waals surface area contributed by atoms with E-state index in [4.69, 9.17) is 20.6 Å². The number of carbonyl (C=O) groups excluding carboxylic acids is 2. The lowest BCUT2D eigenvalue weighted by Gasteiger charge is -2.36. The van der Waals surface area contributed by atoms with Gasteiger partial charge in [-0.3, -0.25) is 29.8 Å². The lowest BCUT2D eigenvalue weighted by molar-refractivity contribution is -0.384. The van der Waals surface area contributed by atoms with Crippen LogP contribution in [0.4, 0.5) is 22.7 Å². The second-order valence-corrected chi connectivity index (χ2v) is 16.7. The maximum atomic E-state index is 12.0. The zero-order valence-corrected chi connectivity index (χ0v) is 27.2. The highest BCUT2D eigenvalue weighted by atomic mass is 28.4. The van der Waals surface area contributed by atoms with Crippen molar-refractivity contribution < 1.29 is 28.6 Å². The summed E-state index contributed by atoms with van der Waals surface area (Å²) in [6.07, 6.45) is 0.525. The SMILES string of the molecule is C/C(CNc1ccc(C(N)=O)cc1[N+](=O)[O-])=C(/C)CNc1c(OCCCO[Si](C)(C)C(C)(C)C)cc(C(N)=O)cc1[N+](=O)[O-]. The van der Waals surface area contributed by atoms with Crippen molar-refractivity contribution in [3.63, 3.8) is 0 Å². The number of carbonyl (C=O) groups is 2. The molecule has 6 N–H and O–H groups in total. The van der Waals surface area contributed by atoms with E-state index in [-0.39, 0.29) is 64.4 Å². The first-order valence-electron chi connectivity index (χ1n) is 14.0. The normalized spacial score (nSPS) is 12.2. The number of hydrogen-bond acceptors (Lipinski definition) is 10. The number of benzene rings is 2. The van der Waals surface area contributed by atoms with Gasteiger partial charge in [-0.25, -0.2) is 0 Å². The number of nitro benzene ring substituents is 2. The summed E-state index contributed by atoms with van der Waals surface area (Å²) in [7, 11) is -1.95. The molecule has 0 radical (unpaired) electrons. The van der Waals surface area contributed by atoms with Gasteiger partial charge in [-0.2, -0.15) is 0 Å². The monoisotopic (exact) mass is 630 g/mol. The predicted octanol–water partition coefficient (Wildman–Crippen LogP) is 5.35. The molecule has 0 saturated carbocycles. The van der Waals surface area contributed by atoms with Crippen LogP contribution in [0.5, 0.6) is 5.75 Å². The summed E-state index contributed by atoms with van der Waals surface area (Å²) in [5.41, 5.74) is 11.8. The molecule has 0 aliphatic rings. The molecule has 15 heteroatoms. The molecule has 2 rings (SSSR count). The smallest absolute Gasteiger partial charge is 0.296 e. The van der Waals surface area contributed by atoms with Crippen molar-refractivity contribution in [1.82, 2.24) is 0 Å². The highest BCUT2D eigenvalue weighted by Gasteiger charge is 2.36. The lowest BCUT2D eigenvalue weighted by Crippen LogP contribution is -2.41. The Bertz CT molecular complexity index is 1450. The first kappa shape index (κ1) is 35.7. The van der Waals surface area contributed by atoms with Gasteiger partial charge in [-0.15, -0.1) is 0 Å². The number of ether oxygens (including phenoxy) is 1. The molecule has 2 aromatic rings. The maximum absolute atomic E-state index is 12.0. The molecule has 0 atom stereocenters. The molecule has 14 nitrogen and oxygen atoms in total. The summed E-state index contributed by atoms with van der Waals surface area (Å²) < 4.78 is 12.1. The van der Waals surface area contributed by atoms with Crippen molar-refractivity contribution in [3.8, 4) is 5.75 Å². The van der Waals surface area contributed by atoms with E-state index in [1.54, 1.807) is 13.8 Å². The van der Waals surface area contributed by atoms with Crippen molar-refractivity contribution in [2.45, 2.75) is 59.2 Å². The summed E-state index contributed by atoms with van der Waals surface area (Å²) in [5, 5.41) is 29.5. The predicted molar refractivity (Wildman–Crippen MR) is 172 cm³/mol. The third kappa shape index (κ3) is 9.50. The van der Waals surface area contributed by atoms with E-state index < -0.39 is 30.0 Å². The average Bonchev–Trinajstić information content (AvgIpc) is 2.93. The number of nitrogens with zero attached hydrogens (tertiary/aromatic N) is 2. The van der Waals surface area contributed by atoms with Gasteiger partial charge in [0.15, 0.2) is 14.0 Å². The van der Waals surface area contributed by atoms with Gasteiger partial charge in [-0.05, 0) is 50.2 Å². The molecule has 0 fully saturated rings. The van der Waals surface area contributed by atoms with E-state index in [9.17, 15) is 29.8 Å². The standard InChI is InChI=1S/C29H42N6O8Si/c1-18(16-32-22-10-9-20(27(30)36)13-23(22)34(38)39)19(2)17-33-26-24(35(40)41)14-21(28(31)37)15-25(26)42-11-8-12-43-44(6,7)29(3,4)5/h9-10,13-15,32-33H,8,11-12,16-17H2,1-7H3,(H2,30,36)(H2,31,37)/b19-18+. The molecule has 2 aromatic carbocycles. The minimum atomic E-state index is -1.95. The van der Waals surface area contributed by atoms with Crippen LogP contribution in [0.3, 0.4) is 0 Å². The molecule has 0 heterocycles. The van der Waals surface area contributed by atoms with Crippen LogP contribution in [0.1, 0.15) is 61.8 Å². The zero-order chi connectivity index (χ0) is 33.4. The fourth-order valence-electron chi connectivity index (χ4n) is 3.70. The molecule has 0 aliphatic carbocycles. The number of anilines is 2. The Balaban J connectivity index is 2.22. The van der Waals surface area contributed by atoms with Crippen molar-refractivity contribution in [3.05, 3.63) is 72.8 Å². The zero-order valence-electron chi connectivity index (χ0n) is 26.2. The largest absolute Gasteiger partial charge is 0.491 e. The molecule has 0 unspecified atom stereocenters. The molecule has 240 valence electrons. The first-order chi connectivity index (χ1) is 20.4. The lowest BCUT2D eigenvalue weighted by atomic mass is 10.1. The summed E-state index contributed by atoms with van der Waals surface area (Å²) in [6.45, 7) is 15.3. The average molecular weight is 631 g/mol. The van der Waals surface area contributed by atoms with Crippen LogP contribution in [0.15, 0.2) is 41.5 Å². The van der Waals surface area contributed by atoms with Crippen LogP contribution in [-0.4, -0.2) is 56.3 Å². The summed E-state index contributed by atoms with van der Waals surface area (Å²) >= 11 is 0. The van der Waals surface area contributed by atoms with E-state index in [2.05, 4.69) is 44.5 Å². The van der Waals surface area contributed by atoms with E-state index in [0.29, 0.717) is 13.0 Å². The molecule has 0 saturated heterocycles. The third-order valence-electron chi connectivity index (χ3n) is 7.66. The number of primary amides is 2. The van der Waals surface area contributed by atoms with Gasteiger partial charge in [-0.1, -0.05) is 31.9 Å². The van der Waals surface area contributed by atoms with Crippen LogP contribution in [0.25, 0.3) is 0 Å². The van der Waals surface area contributed by atoms with Crippen molar-refractivity contribution in [2.24, 2.45) is 11.5 Å². The summed E-state index contributed by atoms with van der Waals surface area (Å²) in [5.74, 6) is -1.51. The Kier molecular flexibility index (Phi) is 12.0. The molecule has 2 amide bonds. The second-order valence-electron chi connectivity index (χ2n) is 11.9. The fourth-order valence-corrected chi connectivity index (χ4v) is 4.79. The Morgan fingerprint density at radius 2 is 1.41 bits per heavy atom. The van der Waals surface area contributed by atoms with Crippen molar-refractivity contribution >= 4 is 42.9 Å².